The van der Waals surface area contributed by atoms with Crippen LogP contribution in [-0.4, -0.2) is 42.6 Å². The zero-order chi connectivity index (χ0) is 30.3. The second-order valence-electron chi connectivity index (χ2n) is 9.70. The molecule has 7 heteroatoms. The lowest BCUT2D eigenvalue weighted by molar-refractivity contribution is -0.139. The Kier molecular flexibility index (Phi) is 12.5. The van der Waals surface area contributed by atoms with E-state index in [9.17, 15) is 14.4 Å². The Bertz CT molecular complexity index is 1400. The summed E-state index contributed by atoms with van der Waals surface area (Å²) in [4.78, 5) is 35.7. The number of unbranched alkanes of at least 4 members (excludes halogenated alkanes) is 3. The molecule has 0 unspecified atom stereocenters. The lowest BCUT2D eigenvalue weighted by atomic mass is 10.0. The average molecular weight is 569 g/mol. The maximum Gasteiger partial charge on any atom is 0.338 e. The first-order chi connectivity index (χ1) is 20.3. The molecule has 0 aromatic heterocycles. The number of rotatable bonds is 16. The van der Waals surface area contributed by atoms with Gasteiger partial charge >= 0.3 is 11.9 Å². The molecule has 7 nitrogen and oxygen atoms in total. The molecule has 0 heterocycles. The third-order valence-corrected chi connectivity index (χ3v) is 6.24. The van der Waals surface area contributed by atoms with Crippen LogP contribution < -0.4 is 9.47 Å². The van der Waals surface area contributed by atoms with Crippen LogP contribution in [0.1, 0.15) is 48.5 Å². The van der Waals surface area contributed by atoms with Gasteiger partial charge in [-0.3, -0.25) is 4.79 Å². The van der Waals surface area contributed by atoms with Crippen molar-refractivity contribution >= 4 is 23.8 Å². The molecule has 3 aromatic rings. The Balaban J connectivity index is 1.39. The van der Waals surface area contributed by atoms with E-state index in [4.69, 9.17) is 19.3 Å². The molecule has 42 heavy (non-hydrogen) atoms. The van der Waals surface area contributed by atoms with E-state index in [1.807, 2.05) is 36.4 Å². The van der Waals surface area contributed by atoms with Gasteiger partial charge < -0.3 is 19.3 Å². The highest BCUT2D eigenvalue weighted by Crippen LogP contribution is 2.24. The van der Waals surface area contributed by atoms with Crippen molar-refractivity contribution in [2.24, 2.45) is 0 Å². The standard InChI is InChI=1S/C35H36O7/c1-25(2)34(38)42-32-19-13-29(14-20-32)28-11-8-27(9-12-28)10-21-33(37)30-15-17-31(18-16-30)40-22-6-4-5-7-23-41-35(39)26(3)24-36/h8-21,36H,1,3-7,22-24H2,2H3/b21-10+. The Labute approximate surface area is 246 Å². The highest BCUT2D eigenvalue weighted by molar-refractivity contribution is 6.06. The lowest BCUT2D eigenvalue weighted by Crippen LogP contribution is -2.10. The third kappa shape index (κ3) is 10.3. The van der Waals surface area contributed by atoms with E-state index in [2.05, 4.69) is 13.2 Å². The predicted octanol–water partition coefficient (Wildman–Crippen LogP) is 6.76. The largest absolute Gasteiger partial charge is 0.494 e. The maximum atomic E-state index is 12.6. The Morgan fingerprint density at radius 3 is 1.90 bits per heavy atom. The number of allylic oxidation sites excluding steroid dienone is 1. The normalized spacial score (nSPS) is 10.7. The van der Waals surface area contributed by atoms with Crippen LogP contribution >= 0.6 is 0 Å². The third-order valence-electron chi connectivity index (χ3n) is 6.24. The van der Waals surface area contributed by atoms with Gasteiger partial charge in [0.05, 0.1) is 25.4 Å². The number of esters is 2. The molecule has 0 aliphatic rings. The summed E-state index contributed by atoms with van der Waals surface area (Å²) in [5, 5.41) is 8.83. The summed E-state index contributed by atoms with van der Waals surface area (Å²) in [6, 6.07) is 22.1. The van der Waals surface area contributed by atoms with E-state index >= 15 is 0 Å². The van der Waals surface area contributed by atoms with E-state index < -0.39 is 18.5 Å². The van der Waals surface area contributed by atoms with Crippen molar-refractivity contribution in [1.29, 1.82) is 0 Å². The summed E-state index contributed by atoms with van der Waals surface area (Å²) in [6.07, 6.45) is 6.75. The van der Waals surface area contributed by atoms with Crippen LogP contribution in [0.2, 0.25) is 0 Å². The molecule has 1 N–H and O–H groups in total. The summed E-state index contributed by atoms with van der Waals surface area (Å²) in [5.74, 6) is 0.0424. The number of aliphatic hydroxyl groups excluding tert-OH is 1. The van der Waals surface area contributed by atoms with Crippen molar-refractivity contribution in [3.05, 3.63) is 114 Å². The molecular weight excluding hydrogens is 532 g/mol. The minimum Gasteiger partial charge on any atom is -0.494 e. The topological polar surface area (TPSA) is 99.1 Å². The van der Waals surface area contributed by atoms with Crippen LogP contribution in [0, 0.1) is 0 Å². The van der Waals surface area contributed by atoms with Crippen LogP contribution in [0.4, 0.5) is 0 Å². The summed E-state index contributed by atoms with van der Waals surface area (Å²) in [7, 11) is 0. The van der Waals surface area contributed by atoms with Gasteiger partial charge in [0.1, 0.15) is 11.5 Å². The number of ether oxygens (including phenoxy) is 3. The van der Waals surface area contributed by atoms with Crippen molar-refractivity contribution in [1.82, 2.24) is 0 Å². The molecule has 0 fully saturated rings. The fourth-order valence-corrected chi connectivity index (χ4v) is 3.76. The van der Waals surface area contributed by atoms with Crippen molar-refractivity contribution in [2.45, 2.75) is 32.6 Å². The van der Waals surface area contributed by atoms with E-state index in [1.165, 1.54) is 0 Å². The average Bonchev–Trinajstić information content (AvgIpc) is 3.01. The van der Waals surface area contributed by atoms with Gasteiger partial charge in [0.2, 0.25) is 0 Å². The number of carbonyl (C=O) groups excluding carboxylic acids is 3. The first kappa shape index (κ1) is 31.8. The molecule has 0 atom stereocenters. The number of hydrogen-bond donors (Lipinski definition) is 1. The molecule has 0 aliphatic heterocycles. The number of ketones is 1. The zero-order valence-electron chi connectivity index (χ0n) is 23.8. The Hall–Kier alpha value is -4.75. The van der Waals surface area contributed by atoms with Gasteiger partial charge in [0.25, 0.3) is 0 Å². The smallest absolute Gasteiger partial charge is 0.338 e. The van der Waals surface area contributed by atoms with Crippen LogP contribution in [-0.2, 0) is 14.3 Å². The van der Waals surface area contributed by atoms with Crippen molar-refractivity contribution < 1.29 is 33.7 Å². The van der Waals surface area contributed by atoms with E-state index in [0.29, 0.717) is 35.8 Å². The summed E-state index contributed by atoms with van der Waals surface area (Å²) in [5.41, 5.74) is 3.84. The van der Waals surface area contributed by atoms with Crippen LogP contribution in [0.15, 0.2) is 103 Å². The van der Waals surface area contributed by atoms with Crippen LogP contribution in [0.5, 0.6) is 11.5 Å². The fourth-order valence-electron chi connectivity index (χ4n) is 3.76. The molecule has 0 aliphatic carbocycles. The summed E-state index contributed by atoms with van der Waals surface area (Å²) in [6.45, 7) is 9.07. The summed E-state index contributed by atoms with van der Waals surface area (Å²) < 4.78 is 16.0. The fraction of sp³-hybridized carbons (Fsp3) is 0.229. The van der Waals surface area contributed by atoms with Crippen LogP contribution in [0.25, 0.3) is 17.2 Å². The lowest BCUT2D eigenvalue weighted by Gasteiger charge is -2.07. The van der Waals surface area contributed by atoms with Crippen LogP contribution in [0.3, 0.4) is 0 Å². The number of aliphatic hydroxyl groups is 1. The van der Waals surface area contributed by atoms with E-state index in [1.54, 1.807) is 55.5 Å². The van der Waals surface area contributed by atoms with Gasteiger partial charge in [0.15, 0.2) is 5.78 Å². The zero-order valence-corrected chi connectivity index (χ0v) is 23.8. The molecule has 0 spiro atoms. The number of benzene rings is 3. The Morgan fingerprint density at radius 2 is 1.31 bits per heavy atom. The molecule has 0 saturated heterocycles. The van der Waals surface area contributed by atoms with Gasteiger partial charge in [-0.05, 0) is 91.8 Å². The maximum absolute atomic E-state index is 12.6. The molecule has 0 bridgehead atoms. The highest BCUT2D eigenvalue weighted by atomic mass is 16.5. The van der Waals surface area contributed by atoms with Gasteiger partial charge in [-0.2, -0.15) is 0 Å². The van der Waals surface area contributed by atoms with Crippen molar-refractivity contribution in [3.63, 3.8) is 0 Å². The molecule has 3 rings (SSSR count). The number of hydrogen-bond acceptors (Lipinski definition) is 7. The molecule has 0 amide bonds. The molecule has 3 aromatic carbocycles. The van der Waals surface area contributed by atoms with Gasteiger partial charge in [-0.1, -0.05) is 55.6 Å². The highest BCUT2D eigenvalue weighted by Gasteiger charge is 2.07. The SMILES string of the molecule is C=C(C)C(=O)Oc1ccc(-c2ccc(/C=C/C(=O)c3ccc(OCCCCCCOC(=O)C(=C)CO)cc3)cc2)cc1. The second-order valence-corrected chi connectivity index (χ2v) is 9.70. The minimum absolute atomic E-state index is 0.0594. The monoisotopic (exact) mass is 568 g/mol. The van der Waals surface area contributed by atoms with Gasteiger partial charge in [-0.25, -0.2) is 9.59 Å². The van der Waals surface area contributed by atoms with Crippen molar-refractivity contribution in [2.75, 3.05) is 19.8 Å². The van der Waals surface area contributed by atoms with Crippen molar-refractivity contribution in [3.8, 4) is 22.6 Å². The van der Waals surface area contributed by atoms with Gasteiger partial charge in [0, 0.05) is 11.1 Å². The minimum atomic E-state index is -0.557. The summed E-state index contributed by atoms with van der Waals surface area (Å²) >= 11 is 0. The molecule has 0 saturated carbocycles. The number of carbonyl (C=O) groups is 3. The second kappa shape index (κ2) is 16.5. The molecule has 0 radical (unpaired) electrons. The van der Waals surface area contributed by atoms with Gasteiger partial charge in [-0.15, -0.1) is 0 Å². The predicted molar refractivity (Wildman–Crippen MR) is 163 cm³/mol. The first-order valence-corrected chi connectivity index (χ1v) is 13.8. The molecular formula is C35H36O7. The Morgan fingerprint density at radius 1 is 0.738 bits per heavy atom. The first-order valence-electron chi connectivity index (χ1n) is 13.8. The quantitative estimate of drug-likeness (QED) is 0.0670. The molecule has 218 valence electrons. The van der Waals surface area contributed by atoms with E-state index in [0.717, 1.165) is 42.4 Å². The van der Waals surface area contributed by atoms with E-state index in [-0.39, 0.29) is 11.4 Å².